The summed E-state index contributed by atoms with van der Waals surface area (Å²) >= 11 is 0. The third kappa shape index (κ3) is 5.87. The maximum Gasteiger partial charge on any atom is 0.0887 e. The van der Waals surface area contributed by atoms with Crippen LogP contribution in [0.25, 0.3) is 0 Å². The molecule has 3 aliphatic heterocycles. The van der Waals surface area contributed by atoms with E-state index in [1.165, 1.54) is 32.1 Å². The van der Waals surface area contributed by atoms with Crippen molar-refractivity contribution in [1.29, 1.82) is 0 Å². The Bertz CT molecular complexity index is 544. The summed E-state index contributed by atoms with van der Waals surface area (Å²) in [7, 11) is 0. The van der Waals surface area contributed by atoms with Crippen molar-refractivity contribution < 1.29 is 28.4 Å². The smallest absolute Gasteiger partial charge is 0.0887 e. The molecule has 3 saturated heterocycles. The van der Waals surface area contributed by atoms with Gasteiger partial charge in [0.25, 0.3) is 0 Å². The van der Waals surface area contributed by atoms with Gasteiger partial charge in [0.2, 0.25) is 0 Å². The second-order valence-corrected chi connectivity index (χ2v) is 11.1. The second kappa shape index (κ2) is 11.5. The molecule has 4 rings (SSSR count). The fourth-order valence-electron chi connectivity index (χ4n) is 5.43. The van der Waals surface area contributed by atoms with E-state index in [-0.39, 0.29) is 23.0 Å². The maximum absolute atomic E-state index is 6.39. The number of hydrogen-bond donors (Lipinski definition) is 0. The maximum atomic E-state index is 6.39. The zero-order chi connectivity index (χ0) is 22.4. The van der Waals surface area contributed by atoms with E-state index in [2.05, 4.69) is 20.8 Å². The van der Waals surface area contributed by atoms with Gasteiger partial charge in [-0.1, -0.05) is 40.0 Å². The van der Waals surface area contributed by atoms with Crippen LogP contribution in [0, 0.1) is 22.7 Å². The predicted octanol–water partition coefficient (Wildman–Crippen LogP) is 4.24. The van der Waals surface area contributed by atoms with Gasteiger partial charge in [-0.2, -0.15) is 0 Å². The van der Waals surface area contributed by atoms with Crippen molar-refractivity contribution in [1.82, 2.24) is 0 Å². The molecule has 6 heteroatoms. The monoisotopic (exact) mass is 454 g/mol. The molecule has 0 spiro atoms. The van der Waals surface area contributed by atoms with E-state index in [1.54, 1.807) is 0 Å². The van der Waals surface area contributed by atoms with Crippen LogP contribution in [0.3, 0.4) is 0 Å². The molecule has 0 bridgehead atoms. The fraction of sp³-hybridized carbons (Fsp3) is 1.00. The van der Waals surface area contributed by atoms with Gasteiger partial charge in [0.15, 0.2) is 0 Å². The van der Waals surface area contributed by atoms with Crippen molar-refractivity contribution in [3.8, 4) is 0 Å². The van der Waals surface area contributed by atoms with Crippen molar-refractivity contribution in [3.05, 3.63) is 0 Å². The highest BCUT2D eigenvalue weighted by Gasteiger charge is 2.47. The number of rotatable bonds is 14. The van der Waals surface area contributed by atoms with Crippen LogP contribution >= 0.6 is 0 Å². The van der Waals surface area contributed by atoms with Gasteiger partial charge in [0.05, 0.1) is 77.8 Å². The van der Waals surface area contributed by atoms with Crippen LogP contribution in [0.4, 0.5) is 0 Å². The Morgan fingerprint density at radius 2 is 1.47 bits per heavy atom. The fourth-order valence-corrected chi connectivity index (χ4v) is 5.43. The molecule has 1 saturated carbocycles. The molecule has 0 radical (unpaired) electrons. The predicted molar refractivity (Wildman–Crippen MR) is 123 cm³/mol. The molecule has 4 aliphatic rings. The van der Waals surface area contributed by atoms with Crippen LogP contribution in [0.15, 0.2) is 0 Å². The summed E-state index contributed by atoms with van der Waals surface area (Å²) in [6, 6.07) is 0. The zero-order valence-corrected chi connectivity index (χ0v) is 20.6. The molecule has 186 valence electrons. The van der Waals surface area contributed by atoms with Gasteiger partial charge in [-0.15, -0.1) is 0 Å². The summed E-state index contributed by atoms with van der Waals surface area (Å²) in [5.41, 5.74) is 0.458. The minimum atomic E-state index is 0.128. The minimum Gasteiger partial charge on any atom is -0.380 e. The lowest BCUT2D eigenvalue weighted by Crippen LogP contribution is -2.57. The Hall–Kier alpha value is -0.240. The molecule has 0 aromatic heterocycles. The minimum absolute atomic E-state index is 0.128. The first-order valence-corrected chi connectivity index (χ1v) is 13.2. The van der Waals surface area contributed by atoms with Crippen molar-refractivity contribution in [2.75, 3.05) is 59.5 Å². The van der Waals surface area contributed by atoms with Gasteiger partial charge in [-0.3, -0.25) is 0 Å². The quantitative estimate of drug-likeness (QED) is 0.391. The van der Waals surface area contributed by atoms with Crippen molar-refractivity contribution in [2.24, 2.45) is 22.7 Å². The Labute approximate surface area is 195 Å². The van der Waals surface area contributed by atoms with Gasteiger partial charge in [0, 0.05) is 22.7 Å². The third-order valence-corrected chi connectivity index (χ3v) is 8.48. The van der Waals surface area contributed by atoms with E-state index >= 15 is 0 Å². The average Bonchev–Trinajstić information content (AvgIpc) is 2.74. The summed E-state index contributed by atoms with van der Waals surface area (Å²) < 4.78 is 35.9. The van der Waals surface area contributed by atoms with E-state index in [4.69, 9.17) is 28.4 Å². The zero-order valence-electron chi connectivity index (χ0n) is 20.6. The molecule has 4 atom stereocenters. The topological polar surface area (TPSA) is 55.4 Å². The summed E-state index contributed by atoms with van der Waals surface area (Å²) in [5, 5.41) is 0. The van der Waals surface area contributed by atoms with Crippen LogP contribution in [-0.4, -0.2) is 77.8 Å². The molecule has 32 heavy (non-hydrogen) atoms. The molecule has 0 aromatic rings. The molecular weight excluding hydrogens is 408 g/mol. The van der Waals surface area contributed by atoms with Gasteiger partial charge >= 0.3 is 0 Å². The van der Waals surface area contributed by atoms with Gasteiger partial charge in [-0.25, -0.2) is 0 Å². The first kappa shape index (κ1) is 24.9. The Morgan fingerprint density at radius 3 is 2.03 bits per heavy atom. The summed E-state index contributed by atoms with van der Waals surface area (Å²) in [4.78, 5) is 0. The van der Waals surface area contributed by atoms with E-state index in [0.717, 1.165) is 65.7 Å². The lowest BCUT2D eigenvalue weighted by atomic mass is 9.82. The molecule has 6 nitrogen and oxygen atoms in total. The van der Waals surface area contributed by atoms with Crippen LogP contribution in [-0.2, 0) is 28.4 Å². The Balaban J connectivity index is 1.23. The summed E-state index contributed by atoms with van der Waals surface area (Å²) in [6.45, 7) is 13.7. The van der Waals surface area contributed by atoms with Crippen molar-refractivity contribution in [2.45, 2.75) is 84.0 Å². The molecular formula is C26H46O6. The van der Waals surface area contributed by atoms with E-state index in [9.17, 15) is 0 Å². The van der Waals surface area contributed by atoms with Crippen LogP contribution in [0.2, 0.25) is 0 Å². The van der Waals surface area contributed by atoms with Crippen molar-refractivity contribution in [3.63, 3.8) is 0 Å². The highest BCUT2D eigenvalue weighted by molar-refractivity contribution is 4.93. The first-order chi connectivity index (χ1) is 15.6. The van der Waals surface area contributed by atoms with E-state index in [0.29, 0.717) is 24.5 Å². The second-order valence-electron chi connectivity index (χ2n) is 11.1. The third-order valence-electron chi connectivity index (χ3n) is 8.48. The Morgan fingerprint density at radius 1 is 0.844 bits per heavy atom. The van der Waals surface area contributed by atoms with Crippen LogP contribution in [0.1, 0.15) is 65.7 Å². The lowest BCUT2D eigenvalue weighted by molar-refractivity contribution is -0.253. The first-order valence-electron chi connectivity index (χ1n) is 13.2. The van der Waals surface area contributed by atoms with Crippen molar-refractivity contribution >= 4 is 0 Å². The van der Waals surface area contributed by atoms with E-state index < -0.39 is 0 Å². The molecule has 0 aromatic carbocycles. The van der Waals surface area contributed by atoms with E-state index in [1.807, 2.05) is 0 Å². The summed E-state index contributed by atoms with van der Waals surface area (Å²) in [5.74, 6) is 0.737. The lowest BCUT2D eigenvalue weighted by Gasteiger charge is -2.48. The number of ether oxygens (including phenoxy) is 6. The van der Waals surface area contributed by atoms with Gasteiger partial charge < -0.3 is 28.4 Å². The van der Waals surface area contributed by atoms with Crippen LogP contribution in [0.5, 0.6) is 0 Å². The number of hydrogen-bond acceptors (Lipinski definition) is 6. The normalized spacial score (nSPS) is 32.5. The molecule has 0 amide bonds. The average molecular weight is 455 g/mol. The standard InChI is InChI=1S/C26H46O6/c1-4-25(16-29-17-25)14-27-11-20(3)24-22(12-31-21-9-7-6-8-10-21)23(32-24)13-28-15-26(5-2)18-30-19-26/h20-24H,4-19H2,1-3H3. The summed E-state index contributed by atoms with van der Waals surface area (Å²) in [6.07, 6.45) is 9.33. The SMILES string of the molecule is CCC1(COCC(C)C2OC(COCC3(CC)COC3)C2COC2CCCCC2)COC1. The molecule has 1 aliphatic carbocycles. The van der Waals surface area contributed by atoms with Crippen LogP contribution < -0.4 is 0 Å². The molecule has 4 unspecified atom stereocenters. The Kier molecular flexibility index (Phi) is 8.91. The molecule has 0 N–H and O–H groups in total. The van der Waals surface area contributed by atoms with Gasteiger partial charge in [-0.05, 0) is 25.7 Å². The molecule has 3 heterocycles. The van der Waals surface area contributed by atoms with Gasteiger partial charge in [0.1, 0.15) is 0 Å². The largest absolute Gasteiger partial charge is 0.380 e. The highest BCUT2D eigenvalue weighted by atomic mass is 16.6. The highest BCUT2D eigenvalue weighted by Crippen LogP contribution is 2.38. The molecule has 4 fully saturated rings.